The van der Waals surface area contributed by atoms with Crippen LogP contribution in [0.25, 0.3) is 66.4 Å². The van der Waals surface area contributed by atoms with Gasteiger partial charge in [-0.05, 0) is 151 Å². The molecule has 3 nitrogen and oxygen atoms in total. The summed E-state index contributed by atoms with van der Waals surface area (Å²) in [6, 6.07) is 88.7. The van der Waals surface area contributed by atoms with Gasteiger partial charge in [-0.25, -0.2) is 0 Å². The zero-order valence-corrected chi connectivity index (χ0v) is 41.4. The van der Waals surface area contributed by atoms with Gasteiger partial charge in [0.2, 0.25) is 0 Å². The van der Waals surface area contributed by atoms with Gasteiger partial charge < -0.3 is 14.5 Å². The van der Waals surface area contributed by atoms with E-state index in [1.807, 2.05) is 0 Å². The van der Waals surface area contributed by atoms with Crippen molar-refractivity contribution >= 4 is 44.9 Å². The SMILES string of the molecule is CC1(C)c2ccccc2-c2cccc(-c3ccc(N(c4ccc(-c5cccc6c5C(C)(C)c5ccccc5-6)cc4)c4cc5c6c(cccc6c4)-c4cc(N(c6ccccc6)c6ccccc6)ccc4O5)cc3)c21. The van der Waals surface area contributed by atoms with Gasteiger partial charge in [0, 0.05) is 56.3 Å². The van der Waals surface area contributed by atoms with Crippen LogP contribution in [0.5, 0.6) is 11.5 Å². The van der Waals surface area contributed by atoms with Gasteiger partial charge in [0.05, 0.1) is 5.69 Å². The van der Waals surface area contributed by atoms with Crippen molar-refractivity contribution in [2.45, 2.75) is 38.5 Å². The highest BCUT2D eigenvalue weighted by Crippen LogP contribution is 2.55. The number of ether oxygens (including phenoxy) is 1. The third-order valence-corrected chi connectivity index (χ3v) is 16.0. The molecule has 0 N–H and O–H groups in total. The monoisotopic (exact) mass is 936 g/mol. The van der Waals surface area contributed by atoms with E-state index in [-0.39, 0.29) is 10.8 Å². The molecule has 1 heterocycles. The molecule has 3 aliphatic rings. The number of rotatable bonds is 8. The molecule has 0 bridgehead atoms. The van der Waals surface area contributed by atoms with Crippen molar-refractivity contribution in [1.29, 1.82) is 0 Å². The zero-order chi connectivity index (χ0) is 49.0. The van der Waals surface area contributed by atoms with E-state index < -0.39 is 0 Å². The summed E-state index contributed by atoms with van der Waals surface area (Å²) in [5, 5.41) is 2.22. The summed E-state index contributed by atoms with van der Waals surface area (Å²) in [5.74, 6) is 1.68. The smallest absolute Gasteiger partial charge is 0.138 e. The summed E-state index contributed by atoms with van der Waals surface area (Å²) in [4.78, 5) is 4.70. The lowest BCUT2D eigenvalue weighted by Crippen LogP contribution is -2.16. The summed E-state index contributed by atoms with van der Waals surface area (Å²) < 4.78 is 7.04. The van der Waals surface area contributed by atoms with Crippen molar-refractivity contribution in [2.75, 3.05) is 9.80 Å². The van der Waals surface area contributed by atoms with Crippen LogP contribution in [0.15, 0.2) is 243 Å². The van der Waals surface area contributed by atoms with E-state index in [2.05, 4.69) is 280 Å². The number of hydrogen-bond acceptors (Lipinski definition) is 3. The molecule has 0 aromatic heterocycles. The maximum atomic E-state index is 7.04. The third kappa shape index (κ3) is 6.65. The second-order valence-electron chi connectivity index (χ2n) is 20.9. The molecule has 73 heavy (non-hydrogen) atoms. The maximum absolute atomic E-state index is 7.04. The molecule has 2 aliphatic carbocycles. The minimum Gasteiger partial charge on any atom is -0.456 e. The third-order valence-electron chi connectivity index (χ3n) is 16.0. The summed E-state index contributed by atoms with van der Waals surface area (Å²) in [6.07, 6.45) is 0. The van der Waals surface area contributed by atoms with Gasteiger partial charge in [-0.2, -0.15) is 0 Å². The average Bonchev–Trinajstić information content (AvgIpc) is 3.82. The molecule has 1 aliphatic heterocycles. The lowest BCUT2D eigenvalue weighted by atomic mass is 9.79. The molecule has 0 radical (unpaired) electrons. The van der Waals surface area contributed by atoms with E-state index in [1.165, 1.54) is 66.8 Å². The minimum absolute atomic E-state index is 0.124. The second kappa shape index (κ2) is 16.3. The first-order valence-corrected chi connectivity index (χ1v) is 25.5. The van der Waals surface area contributed by atoms with Gasteiger partial charge in [0.1, 0.15) is 11.5 Å². The minimum atomic E-state index is -0.124. The molecule has 0 amide bonds. The number of hydrogen-bond donors (Lipinski definition) is 0. The van der Waals surface area contributed by atoms with Gasteiger partial charge in [0.15, 0.2) is 0 Å². The molecule has 0 atom stereocenters. The van der Waals surface area contributed by atoms with Crippen LogP contribution in [0.4, 0.5) is 34.1 Å². The highest BCUT2D eigenvalue weighted by atomic mass is 16.5. The molecule has 0 saturated carbocycles. The van der Waals surface area contributed by atoms with Crippen LogP contribution in [0.3, 0.4) is 0 Å². The number of fused-ring (bicyclic) bond motifs is 8. The van der Waals surface area contributed by atoms with Crippen molar-refractivity contribution < 1.29 is 4.74 Å². The second-order valence-corrected chi connectivity index (χ2v) is 20.9. The van der Waals surface area contributed by atoms with E-state index in [0.717, 1.165) is 67.5 Å². The van der Waals surface area contributed by atoms with Crippen LogP contribution in [0, 0.1) is 0 Å². The first-order valence-electron chi connectivity index (χ1n) is 25.5. The van der Waals surface area contributed by atoms with Gasteiger partial charge in [-0.1, -0.05) is 191 Å². The largest absolute Gasteiger partial charge is 0.456 e. The molecular formula is C70H52N2O. The topological polar surface area (TPSA) is 15.7 Å². The van der Waals surface area contributed by atoms with Crippen LogP contribution in [-0.2, 0) is 10.8 Å². The Balaban J connectivity index is 0.892. The van der Waals surface area contributed by atoms with Crippen LogP contribution in [0.1, 0.15) is 49.9 Å². The fraction of sp³-hybridized carbons (Fsp3) is 0.0857. The maximum Gasteiger partial charge on any atom is 0.138 e. The van der Waals surface area contributed by atoms with Crippen LogP contribution in [0.2, 0.25) is 0 Å². The lowest BCUT2D eigenvalue weighted by molar-refractivity contribution is 0.487. The van der Waals surface area contributed by atoms with Crippen molar-refractivity contribution in [3.05, 3.63) is 265 Å². The average molecular weight is 937 g/mol. The Kier molecular flexibility index (Phi) is 9.59. The fourth-order valence-electron chi connectivity index (χ4n) is 12.7. The first kappa shape index (κ1) is 42.9. The van der Waals surface area contributed by atoms with Gasteiger partial charge in [-0.15, -0.1) is 0 Å². The Labute approximate surface area is 427 Å². The Bertz CT molecular complexity index is 3790. The molecule has 0 unspecified atom stereocenters. The van der Waals surface area contributed by atoms with Gasteiger partial charge >= 0.3 is 0 Å². The van der Waals surface area contributed by atoms with E-state index in [1.54, 1.807) is 0 Å². The van der Waals surface area contributed by atoms with Crippen LogP contribution >= 0.6 is 0 Å². The Morgan fingerprint density at radius 2 is 0.712 bits per heavy atom. The molecule has 11 aromatic rings. The van der Waals surface area contributed by atoms with Crippen molar-refractivity contribution in [1.82, 2.24) is 0 Å². The summed E-state index contributed by atoms with van der Waals surface area (Å²) in [7, 11) is 0. The summed E-state index contributed by atoms with van der Waals surface area (Å²) >= 11 is 0. The zero-order valence-electron chi connectivity index (χ0n) is 41.4. The number of anilines is 6. The van der Waals surface area contributed by atoms with Crippen molar-refractivity contribution in [3.8, 4) is 67.1 Å². The highest BCUT2D eigenvalue weighted by molar-refractivity contribution is 6.07. The van der Waals surface area contributed by atoms with E-state index in [0.29, 0.717) is 0 Å². The van der Waals surface area contributed by atoms with E-state index >= 15 is 0 Å². The Morgan fingerprint density at radius 3 is 1.26 bits per heavy atom. The van der Waals surface area contributed by atoms with Gasteiger partial charge in [-0.3, -0.25) is 0 Å². The lowest BCUT2D eigenvalue weighted by Gasteiger charge is -2.30. The fourth-order valence-corrected chi connectivity index (χ4v) is 12.7. The van der Waals surface area contributed by atoms with Gasteiger partial charge in [0.25, 0.3) is 0 Å². The molecule has 14 rings (SSSR count). The molecule has 11 aromatic carbocycles. The van der Waals surface area contributed by atoms with Crippen molar-refractivity contribution in [3.63, 3.8) is 0 Å². The summed E-state index contributed by atoms with van der Waals surface area (Å²) in [5.41, 5.74) is 24.2. The predicted octanol–water partition coefficient (Wildman–Crippen LogP) is 19.5. The molecule has 0 fully saturated rings. The van der Waals surface area contributed by atoms with Crippen LogP contribution in [-0.4, -0.2) is 0 Å². The molecule has 0 spiro atoms. The standard InChI is InChI=1S/C70H52N2O/c1-69(2)62-30-13-11-23-56(62)59-28-16-25-54(67(59)69)45-32-36-50(37-33-45)72(51-38-34-46(35-39-51)55-26-17-29-60-57-24-12-14-31-63(57)70(3,4)68(55)60)53-42-47-18-15-27-58-61-43-52(40-41-64(61)73-65(44-53)66(47)58)71(48-19-7-5-8-20-48)49-21-9-6-10-22-49/h5-44H,1-4H3. The quantitative estimate of drug-likeness (QED) is 0.151. The number of nitrogens with zero attached hydrogens (tertiary/aromatic N) is 2. The van der Waals surface area contributed by atoms with E-state index in [9.17, 15) is 0 Å². The first-order chi connectivity index (χ1) is 35.7. The molecule has 0 saturated heterocycles. The van der Waals surface area contributed by atoms with Crippen molar-refractivity contribution in [2.24, 2.45) is 0 Å². The highest BCUT2D eigenvalue weighted by Gasteiger charge is 2.39. The van der Waals surface area contributed by atoms with Crippen LogP contribution < -0.4 is 14.5 Å². The number of benzene rings is 11. The van der Waals surface area contributed by atoms with E-state index in [4.69, 9.17) is 4.74 Å². The Hall–Kier alpha value is -8.92. The molecular weight excluding hydrogens is 885 g/mol. The normalized spacial score (nSPS) is 13.8. The Morgan fingerprint density at radius 1 is 0.288 bits per heavy atom. The predicted molar refractivity (Wildman–Crippen MR) is 305 cm³/mol. The summed E-state index contributed by atoms with van der Waals surface area (Å²) in [6.45, 7) is 9.47. The number of para-hydroxylation sites is 2. The molecule has 3 heteroatoms. The molecule has 348 valence electrons.